The van der Waals surface area contributed by atoms with Crippen LogP contribution in [-0.2, 0) is 18.9 Å². The molecule has 1 saturated heterocycles. The van der Waals surface area contributed by atoms with E-state index in [0.717, 1.165) is 7.69 Å². The van der Waals surface area contributed by atoms with Crippen LogP contribution < -0.4 is 0 Å². The molecule has 1 aliphatic heterocycles. The maximum atomic E-state index is 10.6. The Morgan fingerprint density at radius 2 is 1.73 bits per heavy atom. The highest BCUT2D eigenvalue weighted by Gasteiger charge is 2.15. The second kappa shape index (κ2) is 3.38. The number of hydrogen-bond donors (Lipinski definition) is 0. The molecule has 5 nitrogen and oxygen atoms in total. The fourth-order valence-corrected chi connectivity index (χ4v) is 0.627. The summed E-state index contributed by atoms with van der Waals surface area (Å²) in [6.45, 7) is -0.0167. The minimum atomic E-state index is -0.493. The van der Waals surface area contributed by atoms with Crippen LogP contribution in [0.25, 0.3) is 0 Å². The summed E-state index contributed by atoms with van der Waals surface area (Å²) in [5.74, 6) is -0.986. The molecule has 1 fully saturated rings. The Labute approximate surface area is 64.6 Å². The van der Waals surface area contributed by atoms with Crippen molar-refractivity contribution in [2.45, 2.75) is 0 Å². The van der Waals surface area contributed by atoms with Gasteiger partial charge in [-0.3, -0.25) is 16.6 Å². The first-order valence-corrected chi connectivity index (χ1v) is 2.94. The highest BCUT2D eigenvalue weighted by Crippen LogP contribution is 1.93. The van der Waals surface area contributed by atoms with Crippen LogP contribution in [0.3, 0.4) is 0 Å². The van der Waals surface area contributed by atoms with Crippen LogP contribution in [0.1, 0.15) is 0 Å². The van der Waals surface area contributed by atoms with Gasteiger partial charge in [0.2, 0.25) is 0 Å². The lowest BCUT2D eigenvalue weighted by atomic mass is 10.3. The molecule has 0 aromatic rings. The molecule has 11 heavy (non-hydrogen) atoms. The largest absolute Gasteiger partial charge is 0.662 e. The molecule has 59 valence electrons. The summed E-state index contributed by atoms with van der Waals surface area (Å²) in [4.78, 5) is 22.5. The van der Waals surface area contributed by atoms with E-state index in [4.69, 9.17) is 0 Å². The first-order chi connectivity index (χ1) is 5.18. The van der Waals surface area contributed by atoms with Crippen LogP contribution in [0.5, 0.6) is 0 Å². The van der Waals surface area contributed by atoms with Gasteiger partial charge in [-0.25, -0.2) is 0 Å². The van der Waals surface area contributed by atoms with E-state index in [2.05, 4.69) is 16.4 Å². The van der Waals surface area contributed by atoms with E-state index >= 15 is 0 Å². The van der Waals surface area contributed by atoms with E-state index in [-0.39, 0.29) is 13.1 Å². The molecule has 1 heterocycles. The monoisotopic (exact) mass is 155 g/mol. The van der Waals surface area contributed by atoms with Crippen molar-refractivity contribution in [1.82, 2.24) is 4.90 Å². The Morgan fingerprint density at radius 1 is 1.27 bits per heavy atom. The molecule has 0 amide bonds. The first kappa shape index (κ1) is 8.07. The normalized spacial score (nSPS) is 20.8. The SMILES string of the molecule is [CH2-]N1CC(=O)O[B]OC(=O)C1. The van der Waals surface area contributed by atoms with Crippen molar-refractivity contribution in [1.29, 1.82) is 0 Å². The van der Waals surface area contributed by atoms with Crippen LogP contribution in [0, 0.1) is 7.05 Å². The molecule has 1 rings (SSSR count). The van der Waals surface area contributed by atoms with Gasteiger partial charge in [0.15, 0.2) is 0 Å². The minimum Gasteiger partial charge on any atom is -0.499 e. The van der Waals surface area contributed by atoms with Crippen molar-refractivity contribution < 1.29 is 18.9 Å². The standard InChI is InChI=1S/C5H6BNO4/c1-7-2-4(8)10-6-11-5(9)3-7/h1-3H2/q-1. The lowest BCUT2D eigenvalue weighted by Gasteiger charge is -2.24. The number of rotatable bonds is 0. The highest BCUT2D eigenvalue weighted by molar-refractivity contribution is 6.26. The Balaban J connectivity index is 2.47. The molecular weight excluding hydrogens is 149 g/mol. The van der Waals surface area contributed by atoms with Crippen molar-refractivity contribution in [2.75, 3.05) is 13.1 Å². The van der Waals surface area contributed by atoms with Crippen LogP contribution in [-0.4, -0.2) is 37.6 Å². The summed E-state index contributed by atoms with van der Waals surface area (Å²) in [6, 6.07) is 0. The predicted molar refractivity (Wildman–Crippen MR) is 34.9 cm³/mol. The minimum absolute atomic E-state index is 0.00833. The van der Waals surface area contributed by atoms with E-state index in [1.54, 1.807) is 0 Å². The molecule has 0 saturated carbocycles. The van der Waals surface area contributed by atoms with Gasteiger partial charge in [0.25, 0.3) is 0 Å². The summed E-state index contributed by atoms with van der Waals surface area (Å²) >= 11 is 0. The average molecular weight is 155 g/mol. The molecule has 0 atom stereocenters. The fraction of sp³-hybridized carbons (Fsp3) is 0.400. The highest BCUT2D eigenvalue weighted by atomic mass is 16.6. The molecular formula is C5H6BNO4-. The maximum Gasteiger partial charge on any atom is 0.662 e. The molecule has 0 unspecified atom stereocenters. The summed E-state index contributed by atoms with van der Waals surface area (Å²) in [5, 5.41) is 0. The smallest absolute Gasteiger partial charge is 0.499 e. The van der Waals surface area contributed by atoms with Gasteiger partial charge in [0, 0.05) is 0 Å². The Bertz CT molecular complexity index is 165. The maximum absolute atomic E-state index is 10.6. The molecule has 0 bridgehead atoms. The van der Waals surface area contributed by atoms with Crippen LogP contribution in [0.15, 0.2) is 0 Å². The van der Waals surface area contributed by atoms with Gasteiger partial charge in [-0.1, -0.05) is 0 Å². The average Bonchev–Trinajstić information content (AvgIpc) is 1.83. The van der Waals surface area contributed by atoms with E-state index in [1.165, 1.54) is 4.90 Å². The lowest BCUT2D eigenvalue weighted by Crippen LogP contribution is -2.36. The van der Waals surface area contributed by atoms with Gasteiger partial charge >= 0.3 is 19.6 Å². The zero-order valence-corrected chi connectivity index (χ0v) is 5.78. The van der Waals surface area contributed by atoms with Crippen LogP contribution >= 0.6 is 0 Å². The third-order valence-electron chi connectivity index (χ3n) is 1.06. The molecule has 0 aliphatic carbocycles. The molecule has 0 N–H and O–H groups in total. The van der Waals surface area contributed by atoms with Crippen LogP contribution in [0.2, 0.25) is 0 Å². The van der Waals surface area contributed by atoms with Crippen molar-refractivity contribution in [3.05, 3.63) is 7.05 Å². The third-order valence-corrected chi connectivity index (χ3v) is 1.06. The topological polar surface area (TPSA) is 55.8 Å². The summed E-state index contributed by atoms with van der Waals surface area (Å²) < 4.78 is 8.67. The first-order valence-electron chi connectivity index (χ1n) is 2.94. The van der Waals surface area contributed by atoms with Gasteiger partial charge in [0.1, 0.15) is 0 Å². The van der Waals surface area contributed by atoms with Gasteiger partial charge in [0.05, 0.1) is 13.1 Å². The van der Waals surface area contributed by atoms with Gasteiger partial charge in [-0.15, -0.1) is 0 Å². The number of nitrogens with zero attached hydrogens (tertiary/aromatic N) is 1. The molecule has 0 aromatic heterocycles. The van der Waals surface area contributed by atoms with Gasteiger partial charge in [-0.2, -0.15) is 0 Å². The van der Waals surface area contributed by atoms with Crippen LogP contribution in [0.4, 0.5) is 0 Å². The second-order valence-corrected chi connectivity index (χ2v) is 2.06. The van der Waals surface area contributed by atoms with E-state index in [0.29, 0.717) is 0 Å². The van der Waals surface area contributed by atoms with Crippen molar-refractivity contribution >= 4 is 19.6 Å². The Hall–Kier alpha value is -1.04. The molecule has 0 spiro atoms. The summed E-state index contributed by atoms with van der Waals surface area (Å²) in [6.07, 6.45) is 0. The Kier molecular flexibility index (Phi) is 2.48. The lowest BCUT2D eigenvalue weighted by molar-refractivity contribution is -0.144. The molecule has 1 radical (unpaired) electrons. The van der Waals surface area contributed by atoms with Crippen molar-refractivity contribution in [2.24, 2.45) is 0 Å². The van der Waals surface area contributed by atoms with E-state index in [9.17, 15) is 9.59 Å². The molecule has 6 heteroatoms. The third kappa shape index (κ3) is 2.59. The zero-order chi connectivity index (χ0) is 8.27. The van der Waals surface area contributed by atoms with Gasteiger partial charge < -0.3 is 14.2 Å². The Morgan fingerprint density at radius 3 is 2.18 bits per heavy atom. The van der Waals surface area contributed by atoms with Gasteiger partial charge in [-0.05, 0) is 0 Å². The summed E-state index contributed by atoms with van der Waals surface area (Å²) in [7, 11) is 4.15. The van der Waals surface area contributed by atoms with E-state index < -0.39 is 11.9 Å². The predicted octanol–water partition coefficient (Wildman–Crippen LogP) is -1.29. The van der Waals surface area contributed by atoms with E-state index in [1.807, 2.05) is 0 Å². The summed E-state index contributed by atoms with van der Waals surface area (Å²) in [5.41, 5.74) is 0. The zero-order valence-electron chi connectivity index (χ0n) is 5.78. The fourth-order valence-electron chi connectivity index (χ4n) is 0.627. The molecule has 0 aromatic carbocycles. The quantitative estimate of drug-likeness (QED) is 0.322. The van der Waals surface area contributed by atoms with Crippen molar-refractivity contribution in [3.63, 3.8) is 0 Å². The second-order valence-electron chi connectivity index (χ2n) is 2.06. The number of hydrogen-bond acceptors (Lipinski definition) is 5. The number of carbonyl (C=O) groups excluding carboxylic acids is 2. The van der Waals surface area contributed by atoms with Crippen molar-refractivity contribution in [3.8, 4) is 0 Å². The molecule has 1 aliphatic rings. The number of carbonyl (C=O) groups is 2.